The van der Waals surface area contributed by atoms with Crippen molar-refractivity contribution in [1.29, 1.82) is 0 Å². The van der Waals surface area contributed by atoms with Gasteiger partial charge in [-0.1, -0.05) is 6.07 Å². The molecule has 0 aliphatic heterocycles. The predicted octanol–water partition coefficient (Wildman–Crippen LogP) is 1.27. The molecule has 0 bridgehead atoms. The Morgan fingerprint density at radius 3 is 2.71 bits per heavy atom. The van der Waals surface area contributed by atoms with Crippen molar-refractivity contribution >= 4 is 5.52 Å². The summed E-state index contributed by atoms with van der Waals surface area (Å²) >= 11 is 0. The predicted molar refractivity (Wildman–Crippen MR) is 52.1 cm³/mol. The number of aromatic hydroxyl groups is 1. The monoisotopic (exact) mass is 192 g/mol. The van der Waals surface area contributed by atoms with Crippen molar-refractivity contribution in [3.05, 3.63) is 30.2 Å². The summed E-state index contributed by atoms with van der Waals surface area (Å²) in [4.78, 5) is 3.93. The summed E-state index contributed by atoms with van der Waals surface area (Å²) in [5.74, 6) is 0.383. The first-order chi connectivity index (χ1) is 6.50. The minimum atomic E-state index is -1.06. The number of hydrogen-bond donors (Lipinski definition) is 2. The smallest absolute Gasteiger partial charge is 0.237 e. The maximum atomic E-state index is 9.81. The third-order valence-electron chi connectivity index (χ3n) is 2.08. The highest BCUT2D eigenvalue weighted by molar-refractivity contribution is 5.57. The van der Waals surface area contributed by atoms with Gasteiger partial charge in [-0.05, 0) is 26.0 Å². The molecule has 0 unspecified atom stereocenters. The van der Waals surface area contributed by atoms with Crippen LogP contribution in [-0.4, -0.2) is 19.6 Å². The second-order valence-electron chi connectivity index (χ2n) is 3.77. The number of hydrogen-bond acceptors (Lipinski definition) is 3. The van der Waals surface area contributed by atoms with Gasteiger partial charge >= 0.3 is 0 Å². The van der Waals surface area contributed by atoms with Crippen LogP contribution in [0.3, 0.4) is 0 Å². The highest BCUT2D eigenvalue weighted by atomic mass is 16.3. The van der Waals surface area contributed by atoms with Gasteiger partial charge in [-0.15, -0.1) is 0 Å². The molecule has 0 aliphatic carbocycles. The number of imidazole rings is 1. The molecule has 0 saturated carbocycles. The highest BCUT2D eigenvalue weighted by Gasteiger charge is 2.23. The number of nitrogens with zero attached hydrogens (tertiary/aromatic N) is 2. The Balaban J connectivity index is 2.80. The molecule has 2 aromatic rings. The lowest BCUT2D eigenvalue weighted by molar-refractivity contribution is 0.0678. The van der Waals surface area contributed by atoms with Gasteiger partial charge in [-0.2, -0.15) is 4.98 Å². The summed E-state index contributed by atoms with van der Waals surface area (Å²) in [6.45, 7) is 3.27. The molecule has 0 saturated heterocycles. The topological polar surface area (TPSA) is 57.8 Å². The number of pyridine rings is 1. The minimum absolute atomic E-state index is 0.0530. The molecule has 2 N–H and O–H groups in total. The molecule has 0 spiro atoms. The van der Waals surface area contributed by atoms with Crippen LogP contribution in [0.1, 0.15) is 19.7 Å². The first kappa shape index (κ1) is 9.02. The molecule has 14 heavy (non-hydrogen) atoms. The Kier molecular flexibility index (Phi) is 1.75. The van der Waals surface area contributed by atoms with Gasteiger partial charge in [0.15, 0.2) is 0 Å². The van der Waals surface area contributed by atoms with E-state index in [0.29, 0.717) is 11.3 Å². The lowest BCUT2D eigenvalue weighted by atomic mass is 10.1. The molecule has 0 amide bonds. The largest absolute Gasteiger partial charge is 0.492 e. The quantitative estimate of drug-likeness (QED) is 0.715. The zero-order chi connectivity index (χ0) is 10.3. The van der Waals surface area contributed by atoms with Gasteiger partial charge in [0.1, 0.15) is 16.9 Å². The van der Waals surface area contributed by atoms with Crippen LogP contribution in [0.5, 0.6) is 5.88 Å². The Bertz CT molecular complexity index is 468. The Morgan fingerprint density at radius 2 is 2.07 bits per heavy atom. The van der Waals surface area contributed by atoms with E-state index in [0.717, 1.165) is 0 Å². The van der Waals surface area contributed by atoms with Crippen molar-refractivity contribution in [3.63, 3.8) is 0 Å². The fourth-order valence-electron chi connectivity index (χ4n) is 1.45. The average Bonchev–Trinajstić information content (AvgIpc) is 2.44. The molecule has 2 heterocycles. The third kappa shape index (κ3) is 1.24. The Morgan fingerprint density at radius 1 is 1.36 bits per heavy atom. The second-order valence-corrected chi connectivity index (χ2v) is 3.77. The van der Waals surface area contributed by atoms with E-state index in [4.69, 9.17) is 0 Å². The zero-order valence-corrected chi connectivity index (χ0v) is 8.10. The number of aliphatic hydroxyl groups is 1. The molecule has 0 aliphatic rings. The van der Waals surface area contributed by atoms with E-state index >= 15 is 0 Å². The zero-order valence-electron chi connectivity index (χ0n) is 8.10. The van der Waals surface area contributed by atoms with Crippen LogP contribution in [0.2, 0.25) is 0 Å². The number of rotatable bonds is 1. The third-order valence-corrected chi connectivity index (χ3v) is 2.08. The van der Waals surface area contributed by atoms with Crippen LogP contribution >= 0.6 is 0 Å². The van der Waals surface area contributed by atoms with Gasteiger partial charge in [-0.25, -0.2) is 0 Å². The van der Waals surface area contributed by atoms with Gasteiger partial charge in [-0.3, -0.25) is 4.40 Å². The van der Waals surface area contributed by atoms with E-state index in [1.807, 2.05) is 12.1 Å². The molecule has 74 valence electrons. The van der Waals surface area contributed by atoms with Crippen molar-refractivity contribution in [2.45, 2.75) is 19.4 Å². The molecule has 2 rings (SSSR count). The molecule has 0 fully saturated rings. The normalized spacial score (nSPS) is 12.2. The average molecular weight is 192 g/mol. The highest BCUT2D eigenvalue weighted by Crippen LogP contribution is 2.25. The van der Waals surface area contributed by atoms with E-state index in [-0.39, 0.29) is 5.88 Å². The standard InChI is InChI=1S/C10H12N2O2/c1-10(2,14)9-11-8(13)7-5-3-4-6-12(7)9/h3-6,13-14H,1-2H3. The van der Waals surface area contributed by atoms with Crippen LogP contribution < -0.4 is 0 Å². The van der Waals surface area contributed by atoms with E-state index in [1.165, 1.54) is 0 Å². The summed E-state index contributed by atoms with van der Waals surface area (Å²) in [6.07, 6.45) is 1.76. The first-order valence-electron chi connectivity index (χ1n) is 4.39. The molecule has 4 heteroatoms. The minimum Gasteiger partial charge on any atom is -0.492 e. The summed E-state index contributed by atoms with van der Waals surface area (Å²) in [5.41, 5.74) is -0.463. The molecule has 4 nitrogen and oxygen atoms in total. The molecular weight excluding hydrogens is 180 g/mol. The number of aromatic nitrogens is 2. The fraction of sp³-hybridized carbons (Fsp3) is 0.300. The van der Waals surface area contributed by atoms with Crippen LogP contribution in [0, 0.1) is 0 Å². The van der Waals surface area contributed by atoms with E-state index in [9.17, 15) is 10.2 Å². The van der Waals surface area contributed by atoms with E-state index in [2.05, 4.69) is 4.98 Å². The van der Waals surface area contributed by atoms with Crippen LogP contribution in [0.4, 0.5) is 0 Å². The molecular formula is C10H12N2O2. The van der Waals surface area contributed by atoms with Crippen molar-refractivity contribution < 1.29 is 10.2 Å². The summed E-state index contributed by atoms with van der Waals surface area (Å²) in [7, 11) is 0. The molecule has 0 radical (unpaired) electrons. The van der Waals surface area contributed by atoms with Gasteiger partial charge in [0, 0.05) is 6.20 Å². The molecule has 2 aromatic heterocycles. The van der Waals surface area contributed by atoms with Gasteiger partial charge in [0.05, 0.1) is 0 Å². The molecule has 0 aromatic carbocycles. The van der Waals surface area contributed by atoms with E-state index in [1.54, 1.807) is 30.5 Å². The lowest BCUT2D eigenvalue weighted by Crippen LogP contribution is -2.19. The Labute approximate surface area is 81.5 Å². The maximum absolute atomic E-state index is 9.81. The second kappa shape index (κ2) is 2.72. The van der Waals surface area contributed by atoms with Gasteiger partial charge in [0.2, 0.25) is 5.88 Å². The fourth-order valence-corrected chi connectivity index (χ4v) is 1.45. The van der Waals surface area contributed by atoms with Crippen molar-refractivity contribution in [2.24, 2.45) is 0 Å². The first-order valence-corrected chi connectivity index (χ1v) is 4.39. The summed E-state index contributed by atoms with van der Waals surface area (Å²) in [6, 6.07) is 5.38. The van der Waals surface area contributed by atoms with Crippen molar-refractivity contribution in [2.75, 3.05) is 0 Å². The van der Waals surface area contributed by atoms with Crippen LogP contribution in [0.15, 0.2) is 24.4 Å². The maximum Gasteiger partial charge on any atom is 0.237 e. The summed E-state index contributed by atoms with van der Waals surface area (Å²) < 4.78 is 1.68. The Hall–Kier alpha value is -1.55. The SMILES string of the molecule is CC(C)(O)c1nc(O)c2ccccn12. The lowest BCUT2D eigenvalue weighted by Gasteiger charge is -2.14. The van der Waals surface area contributed by atoms with Gasteiger partial charge in [0.25, 0.3) is 0 Å². The van der Waals surface area contributed by atoms with Crippen molar-refractivity contribution in [3.8, 4) is 5.88 Å². The number of fused-ring (bicyclic) bond motifs is 1. The van der Waals surface area contributed by atoms with E-state index < -0.39 is 5.60 Å². The van der Waals surface area contributed by atoms with Crippen molar-refractivity contribution in [1.82, 2.24) is 9.38 Å². The van der Waals surface area contributed by atoms with Gasteiger partial charge < -0.3 is 10.2 Å². The summed E-state index contributed by atoms with van der Waals surface area (Å²) in [5, 5.41) is 19.3. The van der Waals surface area contributed by atoms with Crippen LogP contribution in [0.25, 0.3) is 5.52 Å². The van der Waals surface area contributed by atoms with Crippen LogP contribution in [-0.2, 0) is 5.60 Å². The molecule has 0 atom stereocenters.